The highest BCUT2D eigenvalue weighted by atomic mass is 16.5. The zero-order chi connectivity index (χ0) is 15.1. The van der Waals surface area contributed by atoms with Gasteiger partial charge in [-0.3, -0.25) is 0 Å². The van der Waals surface area contributed by atoms with E-state index in [1.807, 2.05) is 0 Å². The second kappa shape index (κ2) is 8.37. The van der Waals surface area contributed by atoms with Gasteiger partial charge in [0, 0.05) is 32.4 Å². The van der Waals surface area contributed by atoms with Crippen molar-refractivity contribution in [2.24, 2.45) is 0 Å². The number of ether oxygens (including phenoxy) is 2. The third kappa shape index (κ3) is 4.43. The fraction of sp³-hybridized carbons (Fsp3) is 0.647. The molecule has 2 atom stereocenters. The van der Waals surface area contributed by atoms with Gasteiger partial charge in [-0.2, -0.15) is 0 Å². The molecule has 1 fully saturated rings. The van der Waals surface area contributed by atoms with Crippen molar-refractivity contribution in [1.29, 1.82) is 0 Å². The fourth-order valence-electron chi connectivity index (χ4n) is 2.82. The summed E-state index contributed by atoms with van der Waals surface area (Å²) in [6, 6.07) is 9.15. The molecule has 0 radical (unpaired) electrons. The summed E-state index contributed by atoms with van der Waals surface area (Å²) in [7, 11) is 1.73. The SMILES string of the molecule is CCC1COC(C)CN1c1ccccc1CNCCOC. The van der Waals surface area contributed by atoms with Gasteiger partial charge in [0.25, 0.3) is 0 Å². The number of anilines is 1. The number of hydrogen-bond acceptors (Lipinski definition) is 4. The van der Waals surface area contributed by atoms with Crippen molar-refractivity contribution in [3.8, 4) is 0 Å². The standard InChI is InChI=1S/C17H28N2O2/c1-4-16-13-21-14(2)12-19(16)17-8-6-5-7-15(17)11-18-9-10-20-3/h5-8,14,16,18H,4,9-13H2,1-3H3. The fourth-order valence-corrected chi connectivity index (χ4v) is 2.82. The molecule has 1 N–H and O–H groups in total. The van der Waals surface area contributed by atoms with Gasteiger partial charge in [0.1, 0.15) is 0 Å². The Bertz CT molecular complexity index is 425. The molecule has 1 aliphatic heterocycles. The summed E-state index contributed by atoms with van der Waals surface area (Å²) in [5, 5.41) is 3.44. The van der Waals surface area contributed by atoms with Crippen LogP contribution in [0.4, 0.5) is 5.69 Å². The van der Waals surface area contributed by atoms with Crippen molar-refractivity contribution in [2.45, 2.75) is 39.0 Å². The molecule has 118 valence electrons. The maximum Gasteiger partial charge on any atom is 0.0723 e. The highest BCUT2D eigenvalue weighted by molar-refractivity contribution is 5.55. The molecule has 1 heterocycles. The van der Waals surface area contributed by atoms with E-state index in [0.29, 0.717) is 12.1 Å². The van der Waals surface area contributed by atoms with Crippen molar-refractivity contribution < 1.29 is 9.47 Å². The van der Waals surface area contributed by atoms with Crippen LogP contribution in [0.25, 0.3) is 0 Å². The van der Waals surface area contributed by atoms with Crippen LogP contribution in [-0.2, 0) is 16.0 Å². The van der Waals surface area contributed by atoms with E-state index in [1.165, 1.54) is 11.3 Å². The van der Waals surface area contributed by atoms with E-state index in [1.54, 1.807) is 7.11 Å². The molecule has 1 saturated heterocycles. The van der Waals surface area contributed by atoms with Crippen molar-refractivity contribution in [3.63, 3.8) is 0 Å². The zero-order valence-electron chi connectivity index (χ0n) is 13.5. The van der Waals surface area contributed by atoms with Crippen LogP contribution in [0.15, 0.2) is 24.3 Å². The van der Waals surface area contributed by atoms with Crippen LogP contribution >= 0.6 is 0 Å². The molecule has 1 aliphatic rings. The van der Waals surface area contributed by atoms with Gasteiger partial charge in [-0.05, 0) is 25.0 Å². The topological polar surface area (TPSA) is 33.7 Å². The average Bonchev–Trinajstić information content (AvgIpc) is 2.52. The van der Waals surface area contributed by atoms with Crippen LogP contribution in [0.5, 0.6) is 0 Å². The highest BCUT2D eigenvalue weighted by Gasteiger charge is 2.26. The third-order valence-electron chi connectivity index (χ3n) is 4.04. The molecule has 1 aromatic carbocycles. The van der Waals surface area contributed by atoms with Crippen LogP contribution < -0.4 is 10.2 Å². The van der Waals surface area contributed by atoms with Crippen LogP contribution in [0, 0.1) is 0 Å². The number of methoxy groups -OCH3 is 1. The van der Waals surface area contributed by atoms with Gasteiger partial charge in [0.15, 0.2) is 0 Å². The first-order valence-corrected chi connectivity index (χ1v) is 7.92. The van der Waals surface area contributed by atoms with E-state index >= 15 is 0 Å². The summed E-state index contributed by atoms with van der Waals surface area (Å²) in [6.07, 6.45) is 1.40. The van der Waals surface area contributed by atoms with E-state index < -0.39 is 0 Å². The number of rotatable bonds is 7. The second-order valence-electron chi connectivity index (χ2n) is 5.66. The number of para-hydroxylation sites is 1. The van der Waals surface area contributed by atoms with E-state index in [4.69, 9.17) is 9.47 Å². The van der Waals surface area contributed by atoms with Gasteiger partial charge >= 0.3 is 0 Å². The Morgan fingerprint density at radius 3 is 2.95 bits per heavy atom. The summed E-state index contributed by atoms with van der Waals surface area (Å²) < 4.78 is 10.9. The molecule has 1 aromatic rings. The van der Waals surface area contributed by atoms with E-state index in [2.05, 4.69) is 48.3 Å². The first-order valence-electron chi connectivity index (χ1n) is 7.92. The van der Waals surface area contributed by atoms with Crippen LogP contribution in [0.1, 0.15) is 25.8 Å². The molecule has 2 rings (SSSR count). The number of benzene rings is 1. The van der Waals surface area contributed by atoms with Crippen molar-refractivity contribution in [2.75, 3.05) is 38.3 Å². The lowest BCUT2D eigenvalue weighted by Crippen LogP contribution is -2.49. The summed E-state index contributed by atoms with van der Waals surface area (Å²) in [5.74, 6) is 0. The minimum absolute atomic E-state index is 0.294. The van der Waals surface area contributed by atoms with Crippen molar-refractivity contribution >= 4 is 5.69 Å². The Balaban J connectivity index is 2.09. The van der Waals surface area contributed by atoms with Gasteiger partial charge in [-0.25, -0.2) is 0 Å². The lowest BCUT2D eigenvalue weighted by atomic mass is 10.1. The largest absolute Gasteiger partial charge is 0.383 e. The highest BCUT2D eigenvalue weighted by Crippen LogP contribution is 2.27. The predicted molar refractivity (Wildman–Crippen MR) is 86.9 cm³/mol. The first-order chi connectivity index (χ1) is 10.3. The molecule has 4 nitrogen and oxygen atoms in total. The lowest BCUT2D eigenvalue weighted by Gasteiger charge is -2.41. The monoisotopic (exact) mass is 292 g/mol. The summed E-state index contributed by atoms with van der Waals surface area (Å²) in [6.45, 7) is 8.67. The Kier molecular flexibility index (Phi) is 6.49. The molecule has 4 heteroatoms. The smallest absolute Gasteiger partial charge is 0.0723 e. The maximum atomic E-state index is 5.81. The van der Waals surface area contributed by atoms with Gasteiger partial charge < -0.3 is 19.7 Å². The van der Waals surface area contributed by atoms with Gasteiger partial charge in [0.2, 0.25) is 0 Å². The van der Waals surface area contributed by atoms with Gasteiger partial charge in [0.05, 0.1) is 25.4 Å². The number of hydrogen-bond donors (Lipinski definition) is 1. The molecule has 0 spiro atoms. The number of nitrogens with zero attached hydrogens (tertiary/aromatic N) is 1. The third-order valence-corrected chi connectivity index (χ3v) is 4.04. The molecule has 0 saturated carbocycles. The molecule has 0 aliphatic carbocycles. The number of nitrogens with one attached hydrogen (secondary N) is 1. The summed E-state index contributed by atoms with van der Waals surface area (Å²) in [4.78, 5) is 2.52. The van der Waals surface area contributed by atoms with Crippen LogP contribution in [-0.4, -0.2) is 45.6 Å². The molecular weight excluding hydrogens is 264 g/mol. The Labute approximate surface area is 128 Å². The van der Waals surface area contributed by atoms with E-state index in [0.717, 1.165) is 39.3 Å². The van der Waals surface area contributed by atoms with Crippen LogP contribution in [0.3, 0.4) is 0 Å². The summed E-state index contributed by atoms with van der Waals surface area (Å²) in [5.41, 5.74) is 2.69. The average molecular weight is 292 g/mol. The predicted octanol–water partition coefficient (Wildman–Crippen LogP) is 2.43. The summed E-state index contributed by atoms with van der Waals surface area (Å²) >= 11 is 0. The van der Waals surface area contributed by atoms with E-state index in [9.17, 15) is 0 Å². The molecule has 2 unspecified atom stereocenters. The molecule has 0 aromatic heterocycles. The van der Waals surface area contributed by atoms with Crippen molar-refractivity contribution in [1.82, 2.24) is 5.32 Å². The van der Waals surface area contributed by atoms with Crippen LogP contribution in [0.2, 0.25) is 0 Å². The molecule has 0 amide bonds. The Morgan fingerprint density at radius 1 is 1.38 bits per heavy atom. The Hall–Kier alpha value is -1.10. The molecule has 0 bridgehead atoms. The Morgan fingerprint density at radius 2 is 2.19 bits per heavy atom. The van der Waals surface area contributed by atoms with Gasteiger partial charge in [-0.15, -0.1) is 0 Å². The lowest BCUT2D eigenvalue weighted by molar-refractivity contribution is 0.0299. The minimum Gasteiger partial charge on any atom is -0.383 e. The minimum atomic E-state index is 0.294. The van der Waals surface area contributed by atoms with Gasteiger partial charge in [-0.1, -0.05) is 25.1 Å². The molecule has 21 heavy (non-hydrogen) atoms. The first kappa shape index (κ1) is 16.3. The maximum absolute atomic E-state index is 5.81. The van der Waals surface area contributed by atoms with Crippen molar-refractivity contribution in [3.05, 3.63) is 29.8 Å². The quantitative estimate of drug-likeness (QED) is 0.783. The van der Waals surface area contributed by atoms with E-state index in [-0.39, 0.29) is 0 Å². The second-order valence-corrected chi connectivity index (χ2v) is 5.66. The zero-order valence-corrected chi connectivity index (χ0v) is 13.5. The number of morpholine rings is 1. The molecular formula is C17H28N2O2. The normalized spacial score (nSPS) is 22.5.